The minimum atomic E-state index is -0.472. The van der Waals surface area contributed by atoms with Gasteiger partial charge in [0.1, 0.15) is 0 Å². The lowest BCUT2D eigenvalue weighted by atomic mass is 10.1. The van der Waals surface area contributed by atoms with Crippen molar-refractivity contribution in [1.82, 2.24) is 10.9 Å². The van der Waals surface area contributed by atoms with E-state index in [1.165, 1.54) is 0 Å². The lowest BCUT2D eigenvalue weighted by Crippen LogP contribution is -2.42. The summed E-state index contributed by atoms with van der Waals surface area (Å²) in [6, 6.07) is -0.472. The van der Waals surface area contributed by atoms with E-state index in [2.05, 4.69) is 10.9 Å². The van der Waals surface area contributed by atoms with E-state index >= 15 is 0 Å². The number of nitrogens with two attached hydrogens (primary N) is 2. The van der Waals surface area contributed by atoms with Crippen LogP contribution >= 0.6 is 0 Å². The molecule has 0 heterocycles. The van der Waals surface area contributed by atoms with Gasteiger partial charge in [-0.3, -0.25) is 15.6 Å². The number of hydrogen-bond donors (Lipinski definition) is 5. The van der Waals surface area contributed by atoms with Crippen molar-refractivity contribution in [3.8, 4) is 0 Å². The van der Waals surface area contributed by atoms with Crippen LogP contribution in [0.4, 0.5) is 0 Å². The van der Waals surface area contributed by atoms with E-state index in [0.717, 1.165) is 12.8 Å². The zero-order valence-corrected chi connectivity index (χ0v) is 7.47. The van der Waals surface area contributed by atoms with E-state index in [9.17, 15) is 4.79 Å². The van der Waals surface area contributed by atoms with Crippen molar-refractivity contribution in [2.75, 3.05) is 6.54 Å². The Hall–Kier alpha value is -1.14. The largest absolute Gasteiger partial charge is 0.369 e. The summed E-state index contributed by atoms with van der Waals surface area (Å²) in [4.78, 5) is 9.99. The first-order valence-electron chi connectivity index (χ1n) is 4.13. The smallest absolute Gasteiger partial charge is 0.216 e. The molecule has 0 unspecified atom stereocenters. The van der Waals surface area contributed by atoms with Crippen molar-refractivity contribution in [1.29, 1.82) is 5.41 Å². The van der Waals surface area contributed by atoms with Gasteiger partial charge in [-0.05, 0) is 12.8 Å². The summed E-state index contributed by atoms with van der Waals surface area (Å²) in [6.07, 6.45) is 4.08. The van der Waals surface area contributed by atoms with Crippen LogP contribution in [-0.2, 0) is 4.79 Å². The van der Waals surface area contributed by atoms with Crippen LogP contribution in [0.5, 0.6) is 0 Å². The van der Waals surface area contributed by atoms with Crippen LogP contribution in [0.3, 0.4) is 0 Å². The quantitative estimate of drug-likeness (QED) is 0.145. The van der Waals surface area contributed by atoms with E-state index < -0.39 is 6.04 Å². The minimum absolute atomic E-state index is 0.113. The topological polar surface area (TPSA) is 117 Å². The minimum Gasteiger partial charge on any atom is -0.369 e. The molecule has 0 aromatic carbocycles. The number of unbranched alkanes of at least 4 members (excludes halogenated alkanes) is 1. The first-order chi connectivity index (χ1) is 6.16. The van der Waals surface area contributed by atoms with Gasteiger partial charge in [-0.1, -0.05) is 6.42 Å². The molecule has 0 fully saturated rings. The Morgan fingerprint density at radius 2 is 2.23 bits per heavy atom. The maximum atomic E-state index is 9.99. The zero-order chi connectivity index (χ0) is 10.1. The van der Waals surface area contributed by atoms with E-state index in [4.69, 9.17) is 16.9 Å². The Labute approximate surface area is 77.5 Å². The van der Waals surface area contributed by atoms with Crippen molar-refractivity contribution >= 4 is 12.2 Å². The lowest BCUT2D eigenvalue weighted by Gasteiger charge is -2.06. The van der Waals surface area contributed by atoms with Gasteiger partial charge in [0.05, 0.1) is 6.04 Å². The highest BCUT2D eigenvalue weighted by atomic mass is 16.1. The van der Waals surface area contributed by atoms with Gasteiger partial charge in [0.15, 0.2) is 5.96 Å². The van der Waals surface area contributed by atoms with E-state index in [-0.39, 0.29) is 5.96 Å². The molecule has 0 aromatic heterocycles. The maximum Gasteiger partial charge on any atom is 0.216 e. The third-order valence-electron chi connectivity index (χ3n) is 1.44. The zero-order valence-electron chi connectivity index (χ0n) is 7.47. The molecule has 0 spiro atoms. The average Bonchev–Trinajstić information content (AvgIpc) is 2.10. The summed E-state index contributed by atoms with van der Waals surface area (Å²) in [5, 5.41) is 6.81. The van der Waals surface area contributed by atoms with Gasteiger partial charge in [-0.15, -0.1) is 0 Å². The molecule has 0 aliphatic rings. The molecule has 13 heavy (non-hydrogen) atoms. The normalized spacial score (nSPS) is 12.1. The number of hydrazine groups is 1. The molecule has 0 aromatic rings. The van der Waals surface area contributed by atoms with Crippen molar-refractivity contribution in [3.05, 3.63) is 0 Å². The molecule has 1 radical (unpaired) electrons. The number of hydrogen-bond acceptors (Lipinski definition) is 4. The summed E-state index contributed by atoms with van der Waals surface area (Å²) in [5.41, 5.74) is 15.5. The number of guanidine groups is 1. The number of carbonyl (C=O) groups excluding carboxylic acids is 1. The highest BCUT2D eigenvalue weighted by molar-refractivity contribution is 5.73. The summed E-state index contributed by atoms with van der Waals surface area (Å²) >= 11 is 0. The molecular weight excluding hydrogens is 170 g/mol. The number of rotatable bonds is 7. The Morgan fingerprint density at radius 1 is 1.54 bits per heavy atom. The molecule has 6 nitrogen and oxygen atoms in total. The molecular formula is C7H16N5O. The first kappa shape index (κ1) is 11.9. The standard InChI is InChI=1S/C7H16N5O/c8-6(5-13)3-1-2-4-11-12-7(9)10/h6,11H,1-4,8H2,(H4,9,10,12)/t6-/m0/s1. The van der Waals surface area contributed by atoms with Crippen LogP contribution in [0.2, 0.25) is 0 Å². The Morgan fingerprint density at radius 3 is 2.77 bits per heavy atom. The summed E-state index contributed by atoms with van der Waals surface area (Å²) in [5.74, 6) is -0.113. The third-order valence-corrected chi connectivity index (χ3v) is 1.44. The summed E-state index contributed by atoms with van der Waals surface area (Å²) in [6.45, 7) is 0.686. The molecule has 0 saturated carbocycles. The molecule has 6 heteroatoms. The molecule has 0 saturated heterocycles. The Bertz CT molecular complexity index is 161. The molecule has 75 valence electrons. The molecule has 7 N–H and O–H groups in total. The van der Waals surface area contributed by atoms with Gasteiger partial charge >= 0.3 is 0 Å². The fourth-order valence-electron chi connectivity index (χ4n) is 0.794. The summed E-state index contributed by atoms with van der Waals surface area (Å²) < 4.78 is 0. The van der Waals surface area contributed by atoms with E-state index in [1.807, 2.05) is 0 Å². The molecule has 1 atom stereocenters. The van der Waals surface area contributed by atoms with Crippen molar-refractivity contribution in [2.45, 2.75) is 25.3 Å². The molecule has 0 bridgehead atoms. The van der Waals surface area contributed by atoms with Crippen molar-refractivity contribution < 1.29 is 4.79 Å². The molecule has 0 rings (SSSR count). The lowest BCUT2D eigenvalue weighted by molar-refractivity contribution is 0.522. The Kier molecular flexibility index (Phi) is 6.85. The molecule has 0 aliphatic carbocycles. The van der Waals surface area contributed by atoms with Gasteiger partial charge in [0.25, 0.3) is 0 Å². The average molecular weight is 186 g/mol. The second kappa shape index (κ2) is 7.51. The molecule has 0 aliphatic heterocycles. The van der Waals surface area contributed by atoms with Crippen LogP contribution in [0.15, 0.2) is 0 Å². The second-order valence-electron chi connectivity index (χ2n) is 2.69. The maximum absolute atomic E-state index is 9.99. The number of nitrogens with one attached hydrogen (secondary N) is 3. The second-order valence-corrected chi connectivity index (χ2v) is 2.69. The van der Waals surface area contributed by atoms with Crippen LogP contribution in [-0.4, -0.2) is 24.8 Å². The Balaban J connectivity index is 3.08. The first-order valence-corrected chi connectivity index (χ1v) is 4.13. The van der Waals surface area contributed by atoms with Crippen LogP contribution in [0.25, 0.3) is 0 Å². The van der Waals surface area contributed by atoms with Gasteiger partial charge < -0.3 is 11.5 Å². The predicted octanol–water partition coefficient (Wildman–Crippen LogP) is -1.42. The van der Waals surface area contributed by atoms with Crippen molar-refractivity contribution in [2.24, 2.45) is 11.5 Å². The predicted molar refractivity (Wildman–Crippen MR) is 50.6 cm³/mol. The summed E-state index contributed by atoms with van der Waals surface area (Å²) in [7, 11) is 0. The highest BCUT2D eigenvalue weighted by Crippen LogP contribution is 1.95. The van der Waals surface area contributed by atoms with E-state index in [0.29, 0.717) is 13.0 Å². The fraction of sp³-hybridized carbons (Fsp3) is 0.714. The van der Waals surface area contributed by atoms with Crippen LogP contribution < -0.4 is 22.3 Å². The van der Waals surface area contributed by atoms with Crippen molar-refractivity contribution in [3.63, 3.8) is 0 Å². The van der Waals surface area contributed by atoms with E-state index in [1.54, 1.807) is 6.29 Å². The molecule has 0 amide bonds. The van der Waals surface area contributed by atoms with Gasteiger partial charge in [0, 0.05) is 6.54 Å². The van der Waals surface area contributed by atoms with Gasteiger partial charge in [-0.25, -0.2) is 5.43 Å². The van der Waals surface area contributed by atoms with Crippen LogP contribution in [0, 0.1) is 5.41 Å². The third kappa shape index (κ3) is 8.77. The highest BCUT2D eigenvalue weighted by Gasteiger charge is 1.99. The fourth-order valence-corrected chi connectivity index (χ4v) is 0.794. The monoisotopic (exact) mass is 186 g/mol. The SMILES string of the molecule is N=C(N)NNCCCC[C@H](N)[C]=O. The van der Waals surface area contributed by atoms with Gasteiger partial charge in [-0.2, -0.15) is 0 Å². The van der Waals surface area contributed by atoms with Crippen LogP contribution in [0.1, 0.15) is 19.3 Å². The van der Waals surface area contributed by atoms with Gasteiger partial charge in [0.2, 0.25) is 6.29 Å².